The van der Waals surface area contributed by atoms with Gasteiger partial charge in [0.05, 0.1) is 0 Å². The second kappa shape index (κ2) is 3.35. The van der Waals surface area contributed by atoms with Crippen LogP contribution in [-0.4, -0.2) is 23.5 Å². The molecule has 1 aromatic heterocycles. The summed E-state index contributed by atoms with van der Waals surface area (Å²) in [4.78, 5) is 15.2. The quantitative estimate of drug-likeness (QED) is 0.658. The summed E-state index contributed by atoms with van der Waals surface area (Å²) in [7, 11) is 0. The van der Waals surface area contributed by atoms with Crippen LogP contribution < -0.4 is 11.1 Å². The van der Waals surface area contributed by atoms with Crippen molar-refractivity contribution in [1.82, 2.24) is 10.3 Å². The molecule has 16 heavy (non-hydrogen) atoms. The van der Waals surface area contributed by atoms with Gasteiger partial charge in [-0.1, -0.05) is 6.07 Å². The highest BCUT2D eigenvalue weighted by molar-refractivity contribution is 6.08. The third-order valence-corrected chi connectivity index (χ3v) is 3.12. The summed E-state index contributed by atoms with van der Waals surface area (Å²) in [6.45, 7) is 0.465. The number of amides is 1. The van der Waals surface area contributed by atoms with Gasteiger partial charge >= 0.3 is 0 Å². The van der Waals surface area contributed by atoms with Crippen LogP contribution in [0.2, 0.25) is 0 Å². The van der Waals surface area contributed by atoms with Gasteiger partial charge in [0.15, 0.2) is 0 Å². The van der Waals surface area contributed by atoms with Gasteiger partial charge in [0.25, 0.3) is 5.91 Å². The van der Waals surface area contributed by atoms with Crippen LogP contribution in [0.4, 0.5) is 0 Å². The molecule has 0 saturated carbocycles. The molecule has 3 rings (SSSR count). The molecule has 0 saturated heterocycles. The van der Waals surface area contributed by atoms with E-state index < -0.39 is 0 Å². The smallest absolute Gasteiger partial charge is 0.252 e. The van der Waals surface area contributed by atoms with Gasteiger partial charge in [0.2, 0.25) is 0 Å². The summed E-state index contributed by atoms with van der Waals surface area (Å²) in [6.07, 6.45) is 2.76. The van der Waals surface area contributed by atoms with Crippen LogP contribution in [0.3, 0.4) is 0 Å². The maximum Gasteiger partial charge on any atom is 0.252 e. The predicted molar refractivity (Wildman–Crippen MR) is 62.3 cm³/mol. The second-order valence-electron chi connectivity index (χ2n) is 4.15. The molecular weight excluding hydrogens is 202 g/mol. The molecule has 1 aliphatic rings. The number of nitrogens with one attached hydrogen (secondary N) is 2. The van der Waals surface area contributed by atoms with Gasteiger partial charge in [0.1, 0.15) is 0 Å². The summed E-state index contributed by atoms with van der Waals surface area (Å²) in [6, 6.07) is 5.76. The fourth-order valence-electron chi connectivity index (χ4n) is 2.33. The third-order valence-electron chi connectivity index (χ3n) is 3.12. The Bertz CT molecular complexity index is 558. The van der Waals surface area contributed by atoms with Crippen LogP contribution >= 0.6 is 0 Å². The van der Waals surface area contributed by atoms with Crippen molar-refractivity contribution >= 4 is 16.8 Å². The van der Waals surface area contributed by atoms with Crippen LogP contribution in [0.25, 0.3) is 10.9 Å². The molecule has 2 heterocycles. The number of H-pyrrole nitrogens is 1. The largest absolute Gasteiger partial charge is 0.361 e. The Hall–Kier alpha value is -1.81. The monoisotopic (exact) mass is 215 g/mol. The number of carbonyl (C=O) groups excluding carboxylic acids is 1. The molecule has 0 fully saturated rings. The van der Waals surface area contributed by atoms with Crippen molar-refractivity contribution in [2.45, 2.75) is 12.5 Å². The predicted octanol–water partition coefficient (Wildman–Crippen LogP) is 0.781. The highest BCUT2D eigenvalue weighted by Crippen LogP contribution is 2.25. The van der Waals surface area contributed by atoms with E-state index in [0.717, 1.165) is 22.9 Å². The van der Waals surface area contributed by atoms with Gasteiger partial charge in [-0.3, -0.25) is 4.79 Å². The molecule has 1 aromatic carbocycles. The molecule has 1 aliphatic heterocycles. The lowest BCUT2D eigenvalue weighted by Gasteiger charge is -2.12. The zero-order chi connectivity index (χ0) is 11.1. The number of rotatable bonds is 1. The average Bonchev–Trinajstić information content (AvgIpc) is 2.64. The molecule has 4 heteroatoms. The first-order chi connectivity index (χ1) is 7.79. The van der Waals surface area contributed by atoms with E-state index in [2.05, 4.69) is 10.3 Å². The molecule has 0 aliphatic carbocycles. The topological polar surface area (TPSA) is 70.9 Å². The molecule has 4 N–H and O–H groups in total. The van der Waals surface area contributed by atoms with Gasteiger partial charge in [-0.25, -0.2) is 0 Å². The number of aromatic nitrogens is 1. The molecule has 0 spiro atoms. The third kappa shape index (κ3) is 1.23. The van der Waals surface area contributed by atoms with Crippen molar-refractivity contribution in [3.63, 3.8) is 0 Å². The van der Waals surface area contributed by atoms with E-state index in [1.165, 1.54) is 5.56 Å². The fraction of sp³-hybridized carbons (Fsp3) is 0.250. The molecule has 0 radical (unpaired) electrons. The molecule has 2 aromatic rings. The Labute approximate surface area is 92.8 Å². The van der Waals surface area contributed by atoms with Crippen LogP contribution in [0.1, 0.15) is 15.9 Å². The van der Waals surface area contributed by atoms with Crippen LogP contribution in [0, 0.1) is 0 Å². The average molecular weight is 215 g/mol. The molecule has 1 atom stereocenters. The SMILES string of the molecule is NCC1Cc2c[nH]c3cccc(c23)C(=O)N1. The van der Waals surface area contributed by atoms with Gasteiger partial charge in [-0.2, -0.15) is 0 Å². The summed E-state index contributed by atoms with van der Waals surface area (Å²) in [5.74, 6) is -0.0283. The zero-order valence-electron chi connectivity index (χ0n) is 8.79. The maximum absolute atomic E-state index is 12.0. The van der Waals surface area contributed by atoms with Gasteiger partial charge in [-0.05, 0) is 24.1 Å². The Kier molecular flexibility index (Phi) is 1.97. The number of hydrogen-bond donors (Lipinski definition) is 3. The summed E-state index contributed by atoms with van der Waals surface area (Å²) in [5, 5.41) is 3.98. The molecular formula is C12H13N3O. The molecule has 0 bridgehead atoms. The first kappa shape index (κ1) is 9.42. The Morgan fingerprint density at radius 1 is 1.44 bits per heavy atom. The van der Waals surface area contributed by atoms with E-state index in [-0.39, 0.29) is 11.9 Å². The Balaban J connectivity index is 2.26. The molecule has 1 amide bonds. The van der Waals surface area contributed by atoms with Crippen molar-refractivity contribution in [2.24, 2.45) is 5.73 Å². The highest BCUT2D eigenvalue weighted by Gasteiger charge is 2.22. The van der Waals surface area contributed by atoms with E-state index in [4.69, 9.17) is 5.73 Å². The van der Waals surface area contributed by atoms with Crippen LogP contribution in [-0.2, 0) is 6.42 Å². The lowest BCUT2D eigenvalue weighted by atomic mass is 10.0. The summed E-state index contributed by atoms with van der Waals surface area (Å²) < 4.78 is 0. The molecule has 4 nitrogen and oxygen atoms in total. The normalized spacial score (nSPS) is 19.6. The van der Waals surface area contributed by atoms with Crippen molar-refractivity contribution in [2.75, 3.05) is 6.54 Å². The van der Waals surface area contributed by atoms with Crippen LogP contribution in [0.15, 0.2) is 24.4 Å². The number of benzene rings is 1. The minimum absolute atomic E-state index is 0.0268. The van der Waals surface area contributed by atoms with E-state index in [0.29, 0.717) is 6.54 Å². The van der Waals surface area contributed by atoms with Crippen LogP contribution in [0.5, 0.6) is 0 Å². The summed E-state index contributed by atoms with van der Waals surface area (Å²) >= 11 is 0. The maximum atomic E-state index is 12.0. The summed E-state index contributed by atoms with van der Waals surface area (Å²) in [5.41, 5.74) is 8.56. The number of hydrogen-bond acceptors (Lipinski definition) is 2. The molecule has 82 valence electrons. The number of nitrogens with two attached hydrogens (primary N) is 1. The lowest BCUT2D eigenvalue weighted by Crippen LogP contribution is -2.40. The minimum Gasteiger partial charge on any atom is -0.361 e. The van der Waals surface area contributed by atoms with E-state index in [9.17, 15) is 4.79 Å². The van der Waals surface area contributed by atoms with Crippen molar-refractivity contribution in [3.8, 4) is 0 Å². The molecule has 1 unspecified atom stereocenters. The first-order valence-corrected chi connectivity index (χ1v) is 5.39. The minimum atomic E-state index is -0.0283. The van der Waals surface area contributed by atoms with E-state index in [1.54, 1.807) is 0 Å². The Morgan fingerprint density at radius 2 is 2.31 bits per heavy atom. The van der Waals surface area contributed by atoms with Crippen molar-refractivity contribution in [1.29, 1.82) is 0 Å². The zero-order valence-corrected chi connectivity index (χ0v) is 8.79. The van der Waals surface area contributed by atoms with E-state index in [1.807, 2.05) is 24.4 Å². The fourth-order valence-corrected chi connectivity index (χ4v) is 2.33. The lowest BCUT2D eigenvalue weighted by molar-refractivity contribution is 0.0942. The second-order valence-corrected chi connectivity index (χ2v) is 4.15. The highest BCUT2D eigenvalue weighted by atomic mass is 16.1. The van der Waals surface area contributed by atoms with Crippen molar-refractivity contribution in [3.05, 3.63) is 35.5 Å². The van der Waals surface area contributed by atoms with Gasteiger partial charge in [0, 0.05) is 35.2 Å². The number of carbonyl (C=O) groups is 1. The van der Waals surface area contributed by atoms with E-state index >= 15 is 0 Å². The van der Waals surface area contributed by atoms with Crippen molar-refractivity contribution < 1.29 is 4.79 Å². The van der Waals surface area contributed by atoms with Gasteiger partial charge in [-0.15, -0.1) is 0 Å². The van der Waals surface area contributed by atoms with Gasteiger partial charge < -0.3 is 16.0 Å². The Morgan fingerprint density at radius 3 is 3.12 bits per heavy atom. The number of aromatic amines is 1. The standard InChI is InChI=1S/C12H13N3O/c13-5-8-4-7-6-14-10-3-1-2-9(11(7)10)12(16)15-8/h1-3,6,8,14H,4-5,13H2,(H,15,16). The first-order valence-electron chi connectivity index (χ1n) is 5.39.